The van der Waals surface area contributed by atoms with E-state index in [4.69, 9.17) is 4.74 Å². The summed E-state index contributed by atoms with van der Waals surface area (Å²) in [7, 11) is 1.63. The van der Waals surface area contributed by atoms with Crippen molar-refractivity contribution in [2.24, 2.45) is 5.92 Å². The van der Waals surface area contributed by atoms with Crippen molar-refractivity contribution in [3.63, 3.8) is 0 Å². The first-order valence-electron chi connectivity index (χ1n) is 6.64. The summed E-state index contributed by atoms with van der Waals surface area (Å²) in [5.74, 6) is 0.276. The molecule has 0 saturated carbocycles. The number of amides is 1. The average Bonchev–Trinajstić information content (AvgIpc) is 2.83. The van der Waals surface area contributed by atoms with Gasteiger partial charge in [0.25, 0.3) is 5.91 Å². The number of aromatic nitrogens is 1. The molecule has 1 rings (SSSR count). The maximum Gasteiger partial charge on any atom is 0.268 e. The first-order chi connectivity index (χ1) is 9.08. The fraction of sp³-hybridized carbons (Fsp3) is 0.643. The number of carbonyl (C=O) groups excluding carboxylic acids is 1. The summed E-state index contributed by atoms with van der Waals surface area (Å²) < 4.78 is 6.86. The Morgan fingerprint density at radius 1 is 1.53 bits per heavy atom. The number of nitrogens with one attached hydrogen (secondary N) is 1. The second-order valence-corrected chi connectivity index (χ2v) is 5.06. The number of carbonyl (C=O) groups is 1. The molecule has 0 fully saturated rings. The van der Waals surface area contributed by atoms with Crippen LogP contribution in [0.2, 0.25) is 0 Å². The van der Waals surface area contributed by atoms with Gasteiger partial charge in [-0.25, -0.2) is 0 Å². The lowest BCUT2D eigenvalue weighted by molar-refractivity contribution is 0.0896. The van der Waals surface area contributed by atoms with E-state index in [1.54, 1.807) is 13.2 Å². The summed E-state index contributed by atoms with van der Waals surface area (Å²) in [6, 6.07) is 3.41. The van der Waals surface area contributed by atoms with Crippen LogP contribution in [0.4, 0.5) is 0 Å². The lowest BCUT2D eigenvalue weighted by Gasteiger charge is -2.18. The predicted octanol–water partition coefficient (Wildman–Crippen LogP) is 1.27. The molecule has 1 aromatic rings. The number of hydrogen-bond donors (Lipinski definition) is 2. The lowest BCUT2D eigenvalue weighted by atomic mass is 10.0. The number of ether oxygens (including phenoxy) is 1. The zero-order chi connectivity index (χ0) is 14.3. The van der Waals surface area contributed by atoms with Crippen molar-refractivity contribution in [2.45, 2.75) is 32.9 Å². The molecule has 19 heavy (non-hydrogen) atoms. The summed E-state index contributed by atoms with van der Waals surface area (Å²) in [5, 5.41) is 12.2. The first-order valence-corrected chi connectivity index (χ1v) is 6.64. The summed E-state index contributed by atoms with van der Waals surface area (Å²) in [5.41, 5.74) is 0.597. The fourth-order valence-electron chi connectivity index (χ4n) is 2.01. The topological polar surface area (TPSA) is 63.5 Å². The molecule has 0 aliphatic carbocycles. The molecule has 0 spiro atoms. The summed E-state index contributed by atoms with van der Waals surface area (Å²) in [6.45, 7) is 5.29. The van der Waals surface area contributed by atoms with Gasteiger partial charge in [0, 0.05) is 19.9 Å². The van der Waals surface area contributed by atoms with Crippen molar-refractivity contribution in [1.29, 1.82) is 0 Å². The highest BCUT2D eigenvalue weighted by Crippen LogP contribution is 2.07. The van der Waals surface area contributed by atoms with Gasteiger partial charge in [0.1, 0.15) is 5.69 Å². The fourth-order valence-corrected chi connectivity index (χ4v) is 2.01. The van der Waals surface area contributed by atoms with Crippen molar-refractivity contribution in [2.75, 3.05) is 20.3 Å². The van der Waals surface area contributed by atoms with Crippen LogP contribution in [0.15, 0.2) is 18.3 Å². The minimum absolute atomic E-state index is 0.0390. The summed E-state index contributed by atoms with van der Waals surface area (Å²) in [4.78, 5) is 12.2. The molecule has 5 heteroatoms. The third-order valence-corrected chi connectivity index (χ3v) is 2.91. The Morgan fingerprint density at radius 3 is 2.84 bits per heavy atom. The summed E-state index contributed by atoms with van der Waals surface area (Å²) in [6.07, 6.45) is 2.62. The van der Waals surface area contributed by atoms with E-state index in [1.165, 1.54) is 0 Å². The Hall–Kier alpha value is -1.33. The van der Waals surface area contributed by atoms with Gasteiger partial charge in [-0.2, -0.15) is 0 Å². The van der Waals surface area contributed by atoms with Gasteiger partial charge < -0.3 is 19.7 Å². The third kappa shape index (κ3) is 5.04. The van der Waals surface area contributed by atoms with Crippen molar-refractivity contribution < 1.29 is 14.6 Å². The molecule has 1 aromatic heterocycles. The monoisotopic (exact) mass is 268 g/mol. The Bertz CT molecular complexity index is 388. The molecule has 0 aromatic carbocycles. The van der Waals surface area contributed by atoms with E-state index in [1.807, 2.05) is 16.8 Å². The van der Waals surface area contributed by atoms with E-state index >= 15 is 0 Å². The van der Waals surface area contributed by atoms with Gasteiger partial charge >= 0.3 is 0 Å². The van der Waals surface area contributed by atoms with Crippen molar-refractivity contribution in [1.82, 2.24) is 9.88 Å². The van der Waals surface area contributed by atoms with E-state index in [0.717, 1.165) is 6.42 Å². The molecular weight excluding hydrogens is 244 g/mol. The Kier molecular flexibility index (Phi) is 6.59. The SMILES string of the molecule is COCCn1cccc1C(=O)NC(CO)CC(C)C. The number of nitrogens with zero attached hydrogens (tertiary/aromatic N) is 1. The van der Waals surface area contributed by atoms with Crippen LogP contribution in [0.3, 0.4) is 0 Å². The number of methoxy groups -OCH3 is 1. The van der Waals surface area contributed by atoms with E-state index in [2.05, 4.69) is 19.2 Å². The highest BCUT2D eigenvalue weighted by molar-refractivity contribution is 5.92. The van der Waals surface area contributed by atoms with Gasteiger partial charge in [-0.15, -0.1) is 0 Å². The highest BCUT2D eigenvalue weighted by atomic mass is 16.5. The first kappa shape index (κ1) is 15.7. The van der Waals surface area contributed by atoms with Crippen LogP contribution in [0.5, 0.6) is 0 Å². The van der Waals surface area contributed by atoms with Gasteiger partial charge in [0.05, 0.1) is 19.3 Å². The van der Waals surface area contributed by atoms with E-state index in [-0.39, 0.29) is 18.6 Å². The minimum atomic E-state index is -0.196. The number of aliphatic hydroxyl groups is 1. The molecule has 0 radical (unpaired) electrons. The Labute approximate surface area is 114 Å². The molecule has 0 bridgehead atoms. The van der Waals surface area contributed by atoms with Crippen molar-refractivity contribution in [3.05, 3.63) is 24.0 Å². The molecule has 0 saturated heterocycles. The number of rotatable bonds is 8. The minimum Gasteiger partial charge on any atom is -0.394 e. The zero-order valence-corrected chi connectivity index (χ0v) is 11.9. The van der Waals surface area contributed by atoms with Crippen LogP contribution < -0.4 is 5.32 Å². The van der Waals surface area contributed by atoms with E-state index < -0.39 is 0 Å². The molecule has 1 heterocycles. The van der Waals surface area contributed by atoms with Gasteiger partial charge in [-0.05, 0) is 24.5 Å². The molecule has 1 unspecified atom stereocenters. The molecule has 1 amide bonds. The van der Waals surface area contributed by atoms with Crippen LogP contribution in [-0.4, -0.2) is 41.9 Å². The maximum absolute atomic E-state index is 12.2. The van der Waals surface area contributed by atoms with Crippen molar-refractivity contribution in [3.8, 4) is 0 Å². The van der Waals surface area contributed by atoms with Crippen LogP contribution in [-0.2, 0) is 11.3 Å². The van der Waals surface area contributed by atoms with Gasteiger partial charge in [0.15, 0.2) is 0 Å². The Balaban J connectivity index is 2.63. The average molecular weight is 268 g/mol. The van der Waals surface area contributed by atoms with Gasteiger partial charge in [0.2, 0.25) is 0 Å². The molecule has 1 atom stereocenters. The standard InChI is InChI=1S/C14H24N2O3/c1-11(2)9-12(10-17)15-14(18)13-5-4-6-16(13)7-8-19-3/h4-6,11-12,17H,7-10H2,1-3H3,(H,15,18). The van der Waals surface area contributed by atoms with Crippen LogP contribution >= 0.6 is 0 Å². The van der Waals surface area contributed by atoms with Crippen LogP contribution in [0, 0.1) is 5.92 Å². The zero-order valence-electron chi connectivity index (χ0n) is 11.9. The predicted molar refractivity (Wildman–Crippen MR) is 74.1 cm³/mol. The van der Waals surface area contributed by atoms with E-state index in [0.29, 0.717) is 24.8 Å². The smallest absolute Gasteiger partial charge is 0.268 e. The quantitative estimate of drug-likeness (QED) is 0.746. The number of aliphatic hydroxyl groups excluding tert-OH is 1. The summed E-state index contributed by atoms with van der Waals surface area (Å²) >= 11 is 0. The van der Waals surface area contributed by atoms with Crippen molar-refractivity contribution >= 4 is 5.91 Å². The molecular formula is C14H24N2O3. The second kappa shape index (κ2) is 7.96. The van der Waals surface area contributed by atoms with Crippen LogP contribution in [0.25, 0.3) is 0 Å². The van der Waals surface area contributed by atoms with E-state index in [9.17, 15) is 9.90 Å². The second-order valence-electron chi connectivity index (χ2n) is 5.06. The molecule has 2 N–H and O–H groups in total. The van der Waals surface area contributed by atoms with Gasteiger partial charge in [-0.1, -0.05) is 13.8 Å². The molecule has 108 valence electrons. The third-order valence-electron chi connectivity index (χ3n) is 2.91. The molecule has 0 aliphatic heterocycles. The van der Waals surface area contributed by atoms with Gasteiger partial charge in [-0.3, -0.25) is 4.79 Å². The normalized spacial score (nSPS) is 12.7. The molecule has 5 nitrogen and oxygen atoms in total. The lowest BCUT2D eigenvalue weighted by Crippen LogP contribution is -2.39. The maximum atomic E-state index is 12.2. The molecule has 0 aliphatic rings. The largest absolute Gasteiger partial charge is 0.394 e. The Morgan fingerprint density at radius 2 is 2.26 bits per heavy atom. The van der Waals surface area contributed by atoms with Crippen LogP contribution in [0.1, 0.15) is 30.8 Å². The highest BCUT2D eigenvalue weighted by Gasteiger charge is 2.16. The number of hydrogen-bond acceptors (Lipinski definition) is 3.